The molecule has 0 aliphatic rings. The Morgan fingerprint density at radius 3 is 0.811 bits per heavy atom. The zero-order valence-corrected chi connectivity index (χ0v) is 28.4. The Bertz CT molecular complexity index is 2490. The van der Waals surface area contributed by atoms with Crippen LogP contribution < -0.4 is 0 Å². The van der Waals surface area contributed by atoms with Crippen molar-refractivity contribution in [2.75, 3.05) is 0 Å². The van der Waals surface area contributed by atoms with E-state index in [1.165, 1.54) is 0 Å². The van der Waals surface area contributed by atoms with Crippen LogP contribution in [-0.2, 0) is 0 Å². The third kappa shape index (κ3) is 8.50. The maximum atomic E-state index is 11.0. The molecule has 0 aromatic heterocycles. The lowest BCUT2D eigenvalue weighted by Crippen LogP contribution is -1.84. The molecule has 0 saturated carbocycles. The van der Waals surface area contributed by atoms with E-state index in [4.69, 9.17) is 0 Å². The Hall–Kier alpha value is -7.82. The van der Waals surface area contributed by atoms with Gasteiger partial charge in [-0.1, -0.05) is 126 Å². The van der Waals surface area contributed by atoms with Gasteiger partial charge in [-0.2, -0.15) is 0 Å². The van der Waals surface area contributed by atoms with Gasteiger partial charge in [-0.3, -0.25) is 0 Å². The van der Waals surface area contributed by atoms with Crippen molar-refractivity contribution in [3.63, 3.8) is 0 Å². The minimum atomic E-state index is 0.0528. The summed E-state index contributed by atoms with van der Waals surface area (Å²) in [6.45, 7) is 0. The van der Waals surface area contributed by atoms with Gasteiger partial charge in [0.1, 0.15) is 17.2 Å². The lowest BCUT2D eigenvalue weighted by molar-refractivity contribution is 0.472. The maximum Gasteiger partial charge on any atom is 0.146 e. The van der Waals surface area contributed by atoms with Gasteiger partial charge in [0.15, 0.2) is 0 Å². The molecule has 0 radical (unpaired) electrons. The molecule has 0 bridgehead atoms. The van der Waals surface area contributed by atoms with Crippen LogP contribution >= 0.6 is 0 Å². The number of hydrogen-bond donors (Lipinski definition) is 3. The SMILES string of the molecule is Oc1ccccc1C#Cc1ccc(-c2ccc(C#Cc3cccc(C#Cc4ccc(-c5ccc(C#Cc6ccccc6O)cc5)cc4)c3O)cc2)cc1. The van der Waals surface area contributed by atoms with E-state index in [1.54, 1.807) is 48.5 Å². The molecule has 3 N–H and O–H groups in total. The molecule has 0 aliphatic carbocycles. The van der Waals surface area contributed by atoms with Crippen LogP contribution in [-0.4, -0.2) is 15.3 Å². The van der Waals surface area contributed by atoms with E-state index in [0.29, 0.717) is 22.3 Å². The van der Waals surface area contributed by atoms with Crippen LogP contribution in [0.15, 0.2) is 164 Å². The molecule has 0 atom stereocenters. The number of hydrogen-bond acceptors (Lipinski definition) is 3. The third-order valence-electron chi connectivity index (χ3n) is 8.42. The van der Waals surface area contributed by atoms with Crippen LogP contribution in [0.4, 0.5) is 0 Å². The van der Waals surface area contributed by atoms with E-state index in [-0.39, 0.29) is 17.2 Å². The van der Waals surface area contributed by atoms with Gasteiger partial charge in [-0.05, 0) is 107 Å². The molecule has 0 saturated heterocycles. The minimum absolute atomic E-state index is 0.0528. The van der Waals surface area contributed by atoms with Crippen molar-refractivity contribution < 1.29 is 15.3 Å². The summed E-state index contributed by atoms with van der Waals surface area (Å²) in [5, 5.41) is 30.8. The van der Waals surface area contributed by atoms with Crippen LogP contribution in [0.2, 0.25) is 0 Å². The van der Waals surface area contributed by atoms with Crippen molar-refractivity contribution in [1.82, 2.24) is 0 Å². The molecule has 0 fully saturated rings. The zero-order valence-electron chi connectivity index (χ0n) is 28.4. The average molecular weight is 679 g/mol. The van der Waals surface area contributed by atoms with Crippen LogP contribution in [0, 0.1) is 47.4 Å². The van der Waals surface area contributed by atoms with Crippen LogP contribution in [0.5, 0.6) is 17.2 Å². The highest BCUT2D eigenvalue weighted by Crippen LogP contribution is 2.24. The van der Waals surface area contributed by atoms with Gasteiger partial charge < -0.3 is 15.3 Å². The Labute approximate surface area is 309 Å². The quantitative estimate of drug-likeness (QED) is 0.160. The van der Waals surface area contributed by atoms with E-state index in [1.807, 2.05) is 115 Å². The summed E-state index contributed by atoms with van der Waals surface area (Å²) < 4.78 is 0. The van der Waals surface area contributed by atoms with Gasteiger partial charge in [-0.25, -0.2) is 0 Å². The molecular weight excluding hydrogens is 649 g/mol. The first-order chi connectivity index (χ1) is 26.0. The number of aromatic hydroxyl groups is 3. The first kappa shape index (κ1) is 33.7. The highest BCUT2D eigenvalue weighted by Gasteiger charge is 2.04. The summed E-state index contributed by atoms with van der Waals surface area (Å²) >= 11 is 0. The van der Waals surface area contributed by atoms with Gasteiger partial charge in [0, 0.05) is 22.3 Å². The molecule has 7 rings (SSSR count). The van der Waals surface area contributed by atoms with Crippen LogP contribution in [0.1, 0.15) is 44.5 Å². The summed E-state index contributed by atoms with van der Waals surface area (Å²) in [6, 6.07) is 51.3. The normalized spacial score (nSPS) is 9.89. The lowest BCUT2D eigenvalue weighted by Gasteiger charge is -2.03. The molecule has 3 nitrogen and oxygen atoms in total. The Balaban J connectivity index is 0.987. The van der Waals surface area contributed by atoms with E-state index in [0.717, 1.165) is 44.5 Å². The summed E-state index contributed by atoms with van der Waals surface area (Å²) in [6.07, 6.45) is 0. The Morgan fingerprint density at radius 1 is 0.245 bits per heavy atom. The van der Waals surface area contributed by atoms with Crippen molar-refractivity contribution in [1.29, 1.82) is 0 Å². The molecule has 53 heavy (non-hydrogen) atoms. The second kappa shape index (κ2) is 15.8. The highest BCUT2D eigenvalue weighted by molar-refractivity contribution is 5.68. The monoisotopic (exact) mass is 678 g/mol. The fraction of sp³-hybridized carbons (Fsp3) is 0. The summed E-state index contributed by atoms with van der Waals surface area (Å²) in [5.74, 6) is 25.1. The molecule has 7 aromatic carbocycles. The summed E-state index contributed by atoms with van der Waals surface area (Å²) in [7, 11) is 0. The smallest absolute Gasteiger partial charge is 0.146 e. The molecule has 3 heteroatoms. The molecule has 248 valence electrons. The predicted molar refractivity (Wildman–Crippen MR) is 212 cm³/mol. The molecule has 0 aliphatic heterocycles. The fourth-order valence-electron chi connectivity index (χ4n) is 5.45. The van der Waals surface area contributed by atoms with Crippen molar-refractivity contribution in [2.24, 2.45) is 0 Å². The molecule has 0 heterocycles. The van der Waals surface area contributed by atoms with Crippen LogP contribution in [0.3, 0.4) is 0 Å². The van der Waals surface area contributed by atoms with Gasteiger partial charge in [0.2, 0.25) is 0 Å². The predicted octanol–water partition coefficient (Wildman–Crippen LogP) is 9.74. The third-order valence-corrected chi connectivity index (χ3v) is 8.42. The maximum absolute atomic E-state index is 11.0. The molecular formula is C50H30O3. The second-order valence-electron chi connectivity index (χ2n) is 12.0. The summed E-state index contributed by atoms with van der Waals surface area (Å²) in [5.41, 5.74) is 9.77. The zero-order chi connectivity index (χ0) is 36.4. The Morgan fingerprint density at radius 2 is 0.509 bits per heavy atom. The van der Waals surface area contributed by atoms with Gasteiger partial charge >= 0.3 is 0 Å². The number of phenolic OH excluding ortho intramolecular Hbond substituents is 3. The molecule has 0 spiro atoms. The summed E-state index contributed by atoms with van der Waals surface area (Å²) in [4.78, 5) is 0. The molecule has 0 amide bonds. The van der Waals surface area contributed by atoms with E-state index < -0.39 is 0 Å². The second-order valence-corrected chi connectivity index (χ2v) is 12.0. The van der Waals surface area contributed by atoms with Gasteiger partial charge in [0.25, 0.3) is 0 Å². The molecule has 0 unspecified atom stereocenters. The highest BCUT2D eigenvalue weighted by atomic mass is 16.3. The number of para-hydroxylation sites is 3. The minimum Gasteiger partial charge on any atom is -0.507 e. The number of phenols is 3. The van der Waals surface area contributed by atoms with Crippen LogP contribution in [0.25, 0.3) is 22.3 Å². The number of benzene rings is 7. The van der Waals surface area contributed by atoms with Gasteiger partial charge in [0.05, 0.1) is 22.3 Å². The molecule has 7 aromatic rings. The topological polar surface area (TPSA) is 60.7 Å². The van der Waals surface area contributed by atoms with Crippen molar-refractivity contribution in [3.8, 4) is 86.9 Å². The number of rotatable bonds is 2. The average Bonchev–Trinajstić information content (AvgIpc) is 3.20. The lowest BCUT2D eigenvalue weighted by atomic mass is 10.0. The van der Waals surface area contributed by atoms with Crippen molar-refractivity contribution in [3.05, 3.63) is 208 Å². The van der Waals surface area contributed by atoms with E-state index in [9.17, 15) is 15.3 Å². The van der Waals surface area contributed by atoms with Crippen molar-refractivity contribution in [2.45, 2.75) is 0 Å². The van der Waals surface area contributed by atoms with E-state index in [2.05, 4.69) is 47.4 Å². The first-order valence-corrected chi connectivity index (χ1v) is 16.9. The first-order valence-electron chi connectivity index (χ1n) is 16.9. The van der Waals surface area contributed by atoms with Crippen molar-refractivity contribution >= 4 is 0 Å². The van der Waals surface area contributed by atoms with E-state index >= 15 is 0 Å². The van der Waals surface area contributed by atoms with Gasteiger partial charge in [-0.15, -0.1) is 0 Å². The largest absolute Gasteiger partial charge is 0.507 e. The Kier molecular flexibility index (Phi) is 10.0. The fourth-order valence-corrected chi connectivity index (χ4v) is 5.45. The standard InChI is InChI=1S/C50H30O3/c51-48-10-3-1-6-44(48)32-20-36-12-24-40(25-13-36)42-28-16-38(17-29-42)22-34-46-8-5-9-47(50(46)53)35-23-39-18-30-43(31-19-39)41-26-14-37(15-27-41)21-33-45-7-2-4-11-49(45)52/h1-19,24-31,51-53H.